The van der Waals surface area contributed by atoms with Crippen LogP contribution in [0.15, 0.2) is 40.2 Å². The quantitative estimate of drug-likeness (QED) is 0.850. The molecule has 1 aromatic heterocycles. The Balaban J connectivity index is 2.09. The lowest BCUT2D eigenvalue weighted by atomic mass is 10.1. The van der Waals surface area contributed by atoms with Crippen LogP contribution in [0.3, 0.4) is 0 Å². The second-order valence-corrected chi connectivity index (χ2v) is 6.57. The molecule has 0 spiro atoms. The van der Waals surface area contributed by atoms with E-state index in [0.717, 1.165) is 6.07 Å². The summed E-state index contributed by atoms with van der Waals surface area (Å²) in [5.41, 5.74) is -1.09. The van der Waals surface area contributed by atoms with Gasteiger partial charge in [-0.25, -0.2) is 4.98 Å². The summed E-state index contributed by atoms with van der Waals surface area (Å²) in [6.45, 7) is 1.62. The summed E-state index contributed by atoms with van der Waals surface area (Å²) in [4.78, 5) is 16.0. The van der Waals surface area contributed by atoms with Crippen molar-refractivity contribution in [1.29, 1.82) is 0 Å². The Morgan fingerprint density at radius 1 is 1.38 bits per heavy atom. The molecular formula is C13H11F3N2OS2. The number of hydrogen-bond donors (Lipinski definition) is 1. The van der Waals surface area contributed by atoms with E-state index in [1.165, 1.54) is 41.3 Å². The molecule has 0 fully saturated rings. The van der Waals surface area contributed by atoms with Gasteiger partial charge in [0.2, 0.25) is 5.91 Å². The maximum Gasteiger partial charge on any atom is 0.418 e. The van der Waals surface area contributed by atoms with Crippen molar-refractivity contribution in [1.82, 2.24) is 4.98 Å². The molecule has 1 N–H and O–H groups in total. The highest BCUT2D eigenvalue weighted by Gasteiger charge is 2.33. The number of nitrogens with zero attached hydrogens (tertiary/aromatic N) is 1. The number of amides is 1. The Labute approximate surface area is 127 Å². The molecule has 0 aliphatic rings. The number of anilines is 1. The van der Waals surface area contributed by atoms with Crippen molar-refractivity contribution in [3.8, 4) is 0 Å². The zero-order chi connectivity index (χ0) is 15.5. The third-order valence-electron chi connectivity index (χ3n) is 2.55. The van der Waals surface area contributed by atoms with Gasteiger partial charge in [-0.2, -0.15) is 13.2 Å². The average Bonchev–Trinajstić information content (AvgIpc) is 2.91. The van der Waals surface area contributed by atoms with Crippen LogP contribution in [0.25, 0.3) is 0 Å². The second-order valence-electron chi connectivity index (χ2n) is 4.09. The van der Waals surface area contributed by atoms with Crippen molar-refractivity contribution >= 4 is 34.7 Å². The Morgan fingerprint density at radius 3 is 2.71 bits per heavy atom. The topological polar surface area (TPSA) is 42.0 Å². The number of rotatable bonds is 4. The van der Waals surface area contributed by atoms with E-state index < -0.39 is 22.9 Å². The molecule has 0 radical (unpaired) electrons. The lowest BCUT2D eigenvalue weighted by Crippen LogP contribution is -2.24. The van der Waals surface area contributed by atoms with Crippen molar-refractivity contribution < 1.29 is 18.0 Å². The van der Waals surface area contributed by atoms with Gasteiger partial charge in [-0.15, -0.1) is 11.3 Å². The van der Waals surface area contributed by atoms with E-state index >= 15 is 0 Å². The van der Waals surface area contributed by atoms with Crippen LogP contribution in [-0.4, -0.2) is 16.1 Å². The van der Waals surface area contributed by atoms with Gasteiger partial charge in [-0.1, -0.05) is 23.9 Å². The monoisotopic (exact) mass is 332 g/mol. The van der Waals surface area contributed by atoms with E-state index in [9.17, 15) is 18.0 Å². The van der Waals surface area contributed by atoms with Crippen molar-refractivity contribution in [2.75, 3.05) is 5.32 Å². The molecule has 112 valence electrons. The predicted octanol–water partition coefficient (Wildman–Crippen LogP) is 4.28. The highest BCUT2D eigenvalue weighted by atomic mass is 32.2. The summed E-state index contributed by atoms with van der Waals surface area (Å²) in [5, 5.41) is 3.55. The minimum Gasteiger partial charge on any atom is -0.325 e. The molecule has 0 aliphatic carbocycles. The molecule has 0 bridgehead atoms. The molecule has 21 heavy (non-hydrogen) atoms. The molecule has 2 aromatic rings. The lowest BCUT2D eigenvalue weighted by molar-refractivity contribution is -0.137. The number of benzene rings is 1. The third-order valence-corrected chi connectivity index (χ3v) is 4.56. The smallest absolute Gasteiger partial charge is 0.325 e. The summed E-state index contributed by atoms with van der Waals surface area (Å²) < 4.78 is 39.2. The standard InChI is InChI=1S/C13H11F3N2OS2/c1-8(21-12-17-6-7-20-12)11(19)18-10-5-3-2-4-9(10)13(14,15)16/h2-8H,1H3,(H,18,19). The fraction of sp³-hybridized carbons (Fsp3) is 0.231. The van der Waals surface area contributed by atoms with Gasteiger partial charge in [0, 0.05) is 11.6 Å². The van der Waals surface area contributed by atoms with Crippen LogP contribution < -0.4 is 5.32 Å². The molecular weight excluding hydrogens is 321 g/mol. The fourth-order valence-electron chi connectivity index (χ4n) is 1.55. The SMILES string of the molecule is CC(Sc1nccs1)C(=O)Nc1ccccc1C(F)(F)F. The summed E-state index contributed by atoms with van der Waals surface area (Å²) in [6, 6.07) is 4.91. The van der Waals surface area contributed by atoms with Crippen LogP contribution in [0.2, 0.25) is 0 Å². The molecule has 2 rings (SSSR count). The second kappa shape index (κ2) is 6.48. The van der Waals surface area contributed by atoms with Crippen LogP contribution in [0.4, 0.5) is 18.9 Å². The van der Waals surface area contributed by atoms with Crippen LogP contribution in [0, 0.1) is 0 Å². The normalized spacial score (nSPS) is 13.0. The molecule has 3 nitrogen and oxygen atoms in total. The minimum atomic E-state index is -4.50. The van der Waals surface area contributed by atoms with Gasteiger partial charge < -0.3 is 5.32 Å². The Kier molecular flexibility index (Phi) is 4.89. The van der Waals surface area contributed by atoms with Gasteiger partial charge in [-0.3, -0.25) is 4.79 Å². The van der Waals surface area contributed by atoms with E-state index in [1.54, 1.807) is 18.5 Å². The van der Waals surface area contributed by atoms with Crippen LogP contribution in [0.1, 0.15) is 12.5 Å². The summed E-state index contributed by atoms with van der Waals surface area (Å²) in [5.74, 6) is -0.494. The van der Waals surface area contributed by atoms with Gasteiger partial charge in [0.1, 0.15) is 0 Å². The van der Waals surface area contributed by atoms with Crippen molar-refractivity contribution in [2.45, 2.75) is 22.7 Å². The number of hydrogen-bond acceptors (Lipinski definition) is 4. The number of carbonyl (C=O) groups excluding carboxylic acids is 1. The number of alkyl halides is 3. The number of carbonyl (C=O) groups is 1. The number of nitrogens with one attached hydrogen (secondary N) is 1. The average molecular weight is 332 g/mol. The first-order chi connectivity index (χ1) is 9.88. The molecule has 0 saturated heterocycles. The molecule has 8 heteroatoms. The predicted molar refractivity (Wildman–Crippen MR) is 77.5 cm³/mol. The van der Waals surface area contributed by atoms with E-state index in [0.29, 0.717) is 4.34 Å². The first-order valence-corrected chi connectivity index (χ1v) is 7.67. The minimum absolute atomic E-state index is 0.235. The zero-order valence-electron chi connectivity index (χ0n) is 10.8. The molecule has 1 aromatic carbocycles. The van der Waals surface area contributed by atoms with E-state index in [1.807, 2.05) is 0 Å². The summed E-state index contributed by atoms with van der Waals surface area (Å²) in [7, 11) is 0. The van der Waals surface area contributed by atoms with Crippen molar-refractivity contribution in [2.24, 2.45) is 0 Å². The maximum absolute atomic E-state index is 12.8. The Bertz CT molecular complexity index is 614. The third kappa shape index (κ3) is 4.21. The Hall–Kier alpha value is -1.54. The van der Waals surface area contributed by atoms with Crippen molar-refractivity contribution in [3.05, 3.63) is 41.4 Å². The van der Waals surface area contributed by atoms with Gasteiger partial charge in [0.25, 0.3) is 0 Å². The molecule has 1 heterocycles. The molecule has 1 amide bonds. The largest absolute Gasteiger partial charge is 0.418 e. The first-order valence-electron chi connectivity index (χ1n) is 5.91. The lowest BCUT2D eigenvalue weighted by Gasteiger charge is -2.15. The van der Waals surface area contributed by atoms with Gasteiger partial charge in [-0.05, 0) is 19.1 Å². The first kappa shape index (κ1) is 15.8. The van der Waals surface area contributed by atoms with Crippen molar-refractivity contribution in [3.63, 3.8) is 0 Å². The summed E-state index contributed by atoms with van der Waals surface area (Å²) in [6.07, 6.45) is -2.90. The van der Waals surface area contributed by atoms with Gasteiger partial charge in [0.15, 0.2) is 4.34 Å². The highest BCUT2D eigenvalue weighted by molar-refractivity contribution is 8.02. The number of thioether (sulfide) groups is 1. The highest BCUT2D eigenvalue weighted by Crippen LogP contribution is 2.35. The van der Waals surface area contributed by atoms with Gasteiger partial charge >= 0.3 is 6.18 Å². The number of para-hydroxylation sites is 1. The fourth-order valence-corrected chi connectivity index (χ4v) is 3.32. The molecule has 1 atom stereocenters. The molecule has 0 aliphatic heterocycles. The van der Waals surface area contributed by atoms with Crippen LogP contribution >= 0.6 is 23.1 Å². The molecule has 0 saturated carbocycles. The van der Waals surface area contributed by atoms with E-state index in [2.05, 4.69) is 10.3 Å². The van der Waals surface area contributed by atoms with E-state index in [-0.39, 0.29) is 5.69 Å². The van der Waals surface area contributed by atoms with Gasteiger partial charge in [0.05, 0.1) is 16.5 Å². The summed E-state index contributed by atoms with van der Waals surface area (Å²) >= 11 is 2.58. The van der Waals surface area contributed by atoms with Crippen LogP contribution in [-0.2, 0) is 11.0 Å². The molecule has 1 unspecified atom stereocenters. The van der Waals surface area contributed by atoms with Crippen LogP contribution in [0.5, 0.6) is 0 Å². The maximum atomic E-state index is 12.8. The van der Waals surface area contributed by atoms with E-state index in [4.69, 9.17) is 0 Å². The number of aromatic nitrogens is 1. The number of halogens is 3. The Morgan fingerprint density at radius 2 is 2.10 bits per heavy atom. The zero-order valence-corrected chi connectivity index (χ0v) is 12.5. The number of thiazole rings is 1.